The number of Topliss-reactive ketones (excluding diaryl/α,β-unsaturated/α-hetero) is 1. The first-order valence-electron chi connectivity index (χ1n) is 16.6. The van der Waals surface area contributed by atoms with Gasteiger partial charge in [-0.25, -0.2) is 0 Å². The molecule has 1 aliphatic rings. The molecular formula is C42H41BrO6. The minimum absolute atomic E-state index is 0.175. The maximum absolute atomic E-state index is 14.5. The van der Waals surface area contributed by atoms with Crippen LogP contribution in [-0.2, 0) is 50.1 Å². The Morgan fingerprint density at radius 1 is 0.592 bits per heavy atom. The van der Waals surface area contributed by atoms with Crippen LogP contribution in [0, 0.1) is 6.92 Å². The smallest absolute Gasteiger partial charge is 0.194 e. The fourth-order valence-corrected chi connectivity index (χ4v) is 6.53. The van der Waals surface area contributed by atoms with E-state index in [1.807, 2.05) is 146 Å². The molecule has 0 amide bonds. The standard InChI is InChI=1S/C42H41BrO6/c1-30-24-35(43)22-23-36(30)38(44)40-42(48-28-34-20-12-5-13-21-34)41(47-27-33-18-10-4-11-19-33)39(46-26-32-16-8-3-9-17-32)37(49-40)29-45-25-31-14-6-2-7-15-31/h2-24,37,39-42H,25-29H2,1H3/t37?,39-,40-,41?,42?/m1/s1. The summed E-state index contributed by atoms with van der Waals surface area (Å²) in [6.07, 6.45) is -3.68. The van der Waals surface area contributed by atoms with Crippen LogP contribution in [0.3, 0.4) is 0 Å². The summed E-state index contributed by atoms with van der Waals surface area (Å²) in [6, 6.07) is 45.5. The lowest BCUT2D eigenvalue weighted by Gasteiger charge is -2.45. The molecule has 0 radical (unpaired) electrons. The molecule has 1 saturated heterocycles. The van der Waals surface area contributed by atoms with E-state index < -0.39 is 30.5 Å². The van der Waals surface area contributed by atoms with Crippen LogP contribution in [-0.4, -0.2) is 42.9 Å². The molecule has 0 saturated carbocycles. The first-order valence-corrected chi connectivity index (χ1v) is 17.4. The highest BCUT2D eigenvalue weighted by Crippen LogP contribution is 2.33. The molecule has 0 bridgehead atoms. The Labute approximate surface area is 297 Å². The van der Waals surface area contributed by atoms with E-state index in [9.17, 15) is 4.79 Å². The van der Waals surface area contributed by atoms with Gasteiger partial charge in [-0.05, 0) is 52.9 Å². The topological polar surface area (TPSA) is 63.2 Å². The van der Waals surface area contributed by atoms with Gasteiger partial charge in [-0.2, -0.15) is 0 Å². The van der Waals surface area contributed by atoms with E-state index in [2.05, 4.69) is 15.9 Å². The van der Waals surface area contributed by atoms with E-state index in [1.54, 1.807) is 0 Å². The highest BCUT2D eigenvalue weighted by atomic mass is 79.9. The average molecular weight is 722 g/mol. The Morgan fingerprint density at radius 2 is 1.04 bits per heavy atom. The Balaban J connectivity index is 1.36. The zero-order chi connectivity index (χ0) is 33.8. The molecule has 49 heavy (non-hydrogen) atoms. The number of aryl methyl sites for hydroxylation is 1. The Morgan fingerprint density at radius 3 is 1.53 bits per heavy atom. The average Bonchev–Trinajstić information content (AvgIpc) is 3.14. The third-order valence-corrected chi connectivity index (χ3v) is 9.09. The van der Waals surface area contributed by atoms with Crippen molar-refractivity contribution in [2.24, 2.45) is 0 Å². The molecule has 5 aromatic rings. The molecule has 7 heteroatoms. The van der Waals surface area contributed by atoms with Crippen molar-refractivity contribution in [2.45, 2.75) is 63.9 Å². The third-order valence-electron chi connectivity index (χ3n) is 8.60. The minimum atomic E-state index is -0.980. The van der Waals surface area contributed by atoms with Crippen LogP contribution >= 0.6 is 15.9 Å². The molecule has 1 fully saturated rings. The zero-order valence-corrected chi connectivity index (χ0v) is 29.1. The summed E-state index contributed by atoms with van der Waals surface area (Å²) in [7, 11) is 0. The van der Waals surface area contributed by atoms with Crippen LogP contribution in [0.5, 0.6) is 0 Å². The molecule has 0 aromatic heterocycles. The number of halogens is 1. The van der Waals surface area contributed by atoms with Crippen molar-refractivity contribution in [1.82, 2.24) is 0 Å². The summed E-state index contributed by atoms with van der Waals surface area (Å²) < 4.78 is 34.2. The monoisotopic (exact) mass is 720 g/mol. The molecular weight excluding hydrogens is 680 g/mol. The van der Waals surface area contributed by atoms with Crippen molar-refractivity contribution in [1.29, 1.82) is 0 Å². The molecule has 5 atom stereocenters. The van der Waals surface area contributed by atoms with Gasteiger partial charge >= 0.3 is 0 Å². The largest absolute Gasteiger partial charge is 0.374 e. The van der Waals surface area contributed by atoms with Crippen LogP contribution in [0.2, 0.25) is 0 Å². The van der Waals surface area contributed by atoms with Crippen molar-refractivity contribution in [3.63, 3.8) is 0 Å². The van der Waals surface area contributed by atoms with Crippen molar-refractivity contribution in [3.8, 4) is 0 Å². The number of rotatable bonds is 15. The number of ketones is 1. The fraction of sp³-hybridized carbons (Fsp3) is 0.262. The SMILES string of the molecule is Cc1cc(Br)ccc1C(=O)[C@H]1OC(COCc2ccccc2)[C@@H](OCc2ccccc2)C(OCc2ccccc2)C1OCc1ccccc1. The van der Waals surface area contributed by atoms with Crippen molar-refractivity contribution >= 4 is 21.7 Å². The van der Waals surface area contributed by atoms with Crippen LogP contribution in [0.1, 0.15) is 38.2 Å². The molecule has 5 aromatic carbocycles. The number of benzene rings is 5. The predicted molar refractivity (Wildman–Crippen MR) is 193 cm³/mol. The number of carbonyl (C=O) groups excluding carboxylic acids is 1. The molecule has 3 unspecified atom stereocenters. The van der Waals surface area contributed by atoms with E-state index in [1.165, 1.54) is 0 Å². The van der Waals surface area contributed by atoms with Gasteiger partial charge in [-0.1, -0.05) is 137 Å². The van der Waals surface area contributed by atoms with Crippen LogP contribution in [0.4, 0.5) is 0 Å². The number of carbonyl (C=O) groups is 1. The highest BCUT2D eigenvalue weighted by molar-refractivity contribution is 9.10. The Hall–Kier alpha value is -3.95. The van der Waals surface area contributed by atoms with Gasteiger partial charge in [0, 0.05) is 10.0 Å². The van der Waals surface area contributed by atoms with Gasteiger partial charge in [0.25, 0.3) is 0 Å². The molecule has 0 spiro atoms. The summed E-state index contributed by atoms with van der Waals surface area (Å²) in [4.78, 5) is 14.5. The first-order chi connectivity index (χ1) is 24.0. The summed E-state index contributed by atoms with van der Waals surface area (Å²) in [6.45, 7) is 3.40. The van der Waals surface area contributed by atoms with Gasteiger partial charge in [0.05, 0.1) is 33.0 Å². The minimum Gasteiger partial charge on any atom is -0.374 e. The van der Waals surface area contributed by atoms with Crippen LogP contribution < -0.4 is 0 Å². The molecule has 1 heterocycles. The van der Waals surface area contributed by atoms with E-state index in [0.29, 0.717) is 25.4 Å². The summed E-state index contributed by atoms with van der Waals surface area (Å²) in [5, 5.41) is 0. The molecule has 6 rings (SSSR count). The molecule has 6 nitrogen and oxygen atoms in total. The second-order valence-electron chi connectivity index (χ2n) is 12.2. The van der Waals surface area contributed by atoms with E-state index >= 15 is 0 Å². The van der Waals surface area contributed by atoms with Gasteiger partial charge in [0.15, 0.2) is 5.78 Å². The van der Waals surface area contributed by atoms with Gasteiger partial charge in [-0.15, -0.1) is 0 Å². The zero-order valence-electron chi connectivity index (χ0n) is 27.5. The predicted octanol–water partition coefficient (Wildman–Crippen LogP) is 8.68. The molecule has 252 valence electrons. The van der Waals surface area contributed by atoms with Gasteiger partial charge < -0.3 is 23.7 Å². The second-order valence-corrected chi connectivity index (χ2v) is 13.1. The van der Waals surface area contributed by atoms with E-state index in [-0.39, 0.29) is 19.0 Å². The molecule has 0 N–H and O–H groups in total. The van der Waals surface area contributed by atoms with E-state index in [4.69, 9.17) is 23.7 Å². The Bertz CT molecular complexity index is 1740. The molecule has 1 aliphatic heterocycles. The Kier molecular flexibility index (Phi) is 12.6. The first kappa shape index (κ1) is 34.9. The maximum atomic E-state index is 14.5. The highest BCUT2D eigenvalue weighted by Gasteiger charge is 2.51. The second kappa shape index (κ2) is 17.6. The van der Waals surface area contributed by atoms with Crippen molar-refractivity contribution in [2.75, 3.05) is 6.61 Å². The normalized spacial score (nSPS) is 20.6. The van der Waals surface area contributed by atoms with Gasteiger partial charge in [0.1, 0.15) is 30.5 Å². The fourth-order valence-electron chi connectivity index (χ4n) is 6.06. The lowest BCUT2D eigenvalue weighted by molar-refractivity contribution is -0.261. The number of ether oxygens (including phenoxy) is 5. The van der Waals surface area contributed by atoms with Crippen LogP contribution in [0.15, 0.2) is 144 Å². The van der Waals surface area contributed by atoms with E-state index in [0.717, 1.165) is 32.3 Å². The van der Waals surface area contributed by atoms with Crippen molar-refractivity contribution in [3.05, 3.63) is 177 Å². The summed E-state index contributed by atoms with van der Waals surface area (Å²) >= 11 is 3.54. The summed E-state index contributed by atoms with van der Waals surface area (Å²) in [5.74, 6) is -0.175. The van der Waals surface area contributed by atoms with Gasteiger partial charge in [-0.3, -0.25) is 4.79 Å². The number of hydrogen-bond acceptors (Lipinski definition) is 6. The summed E-state index contributed by atoms with van der Waals surface area (Å²) in [5.41, 5.74) is 5.44. The maximum Gasteiger partial charge on any atom is 0.194 e. The lowest BCUT2D eigenvalue weighted by atomic mass is 9.89. The van der Waals surface area contributed by atoms with Crippen molar-refractivity contribution < 1.29 is 28.5 Å². The number of hydrogen-bond donors (Lipinski definition) is 0. The van der Waals surface area contributed by atoms with Gasteiger partial charge in [0.2, 0.25) is 0 Å². The third kappa shape index (κ3) is 9.61. The quantitative estimate of drug-likeness (QED) is 0.101. The lowest BCUT2D eigenvalue weighted by Crippen LogP contribution is -2.63. The van der Waals surface area contributed by atoms with Crippen LogP contribution in [0.25, 0.3) is 0 Å². The molecule has 0 aliphatic carbocycles.